The van der Waals surface area contributed by atoms with Crippen LogP contribution in [0.5, 0.6) is 0 Å². The van der Waals surface area contributed by atoms with Crippen LogP contribution >= 0.6 is 11.6 Å². The molecule has 1 saturated carbocycles. The molecule has 2 aliphatic carbocycles. The molecule has 1 fully saturated rings. The molecule has 2 aliphatic rings. The maximum absolute atomic E-state index is 9.83. The van der Waals surface area contributed by atoms with Crippen LogP contribution in [0.3, 0.4) is 0 Å². The highest BCUT2D eigenvalue weighted by Crippen LogP contribution is 2.55. The average Bonchev–Trinajstić information content (AvgIpc) is 2.62. The van der Waals surface area contributed by atoms with E-state index in [1.54, 1.807) is 12.1 Å². The van der Waals surface area contributed by atoms with E-state index < -0.39 is 17.3 Å². The van der Waals surface area contributed by atoms with E-state index in [9.17, 15) is 15.8 Å². The number of allylic oxidation sites excluding steroid dienone is 2. The van der Waals surface area contributed by atoms with Crippen molar-refractivity contribution in [1.29, 1.82) is 21.2 Å². The number of nitrogens with one attached hydrogen (secondary N) is 1. The van der Waals surface area contributed by atoms with E-state index in [0.29, 0.717) is 5.02 Å². The summed E-state index contributed by atoms with van der Waals surface area (Å²) in [5, 5.41) is 38.3. The molecule has 0 aliphatic heterocycles. The zero-order valence-electron chi connectivity index (χ0n) is 13.0. The van der Waals surface area contributed by atoms with Crippen molar-refractivity contribution in [3.8, 4) is 18.2 Å². The number of rotatable bonds is 1. The normalized spacial score (nSPS) is 27.8. The van der Waals surface area contributed by atoms with Crippen LogP contribution in [0.1, 0.15) is 30.7 Å². The molecule has 0 spiro atoms. The number of nitrogens with zero attached hydrogens (tertiary/aromatic N) is 3. The predicted molar refractivity (Wildman–Crippen MR) is 90.1 cm³/mol. The standard InChI is InChI=1S/C19H15ClN4/c20-13-7-5-12(6-8-13)17-15-4-2-1-3-14(15)16(9-21)18(24)19(17,10-22)11-23/h3,5-8,15-17,24H,1-2,4H2/t15-,16+,17+/m1/s1. The van der Waals surface area contributed by atoms with E-state index in [2.05, 4.69) is 18.2 Å². The molecule has 24 heavy (non-hydrogen) atoms. The van der Waals surface area contributed by atoms with Gasteiger partial charge in [0.25, 0.3) is 0 Å². The number of nitriles is 3. The van der Waals surface area contributed by atoms with Gasteiger partial charge in [-0.05, 0) is 48.4 Å². The summed E-state index contributed by atoms with van der Waals surface area (Å²) in [5.41, 5.74) is 0.00345. The first-order chi connectivity index (χ1) is 11.6. The van der Waals surface area contributed by atoms with Gasteiger partial charge in [0.2, 0.25) is 0 Å². The van der Waals surface area contributed by atoms with Crippen molar-refractivity contribution in [3.05, 3.63) is 46.5 Å². The third kappa shape index (κ3) is 2.22. The van der Waals surface area contributed by atoms with Crippen molar-refractivity contribution in [3.63, 3.8) is 0 Å². The van der Waals surface area contributed by atoms with Gasteiger partial charge in [-0.15, -0.1) is 0 Å². The van der Waals surface area contributed by atoms with Crippen LogP contribution in [-0.4, -0.2) is 5.71 Å². The quantitative estimate of drug-likeness (QED) is 0.773. The maximum atomic E-state index is 9.83. The lowest BCUT2D eigenvalue weighted by Crippen LogP contribution is -2.48. The Kier molecular flexibility index (Phi) is 4.15. The first-order valence-electron chi connectivity index (χ1n) is 7.85. The van der Waals surface area contributed by atoms with Gasteiger partial charge in [-0.25, -0.2) is 0 Å². The Balaban J connectivity index is 2.24. The highest BCUT2D eigenvalue weighted by molar-refractivity contribution is 6.30. The summed E-state index contributed by atoms with van der Waals surface area (Å²) >= 11 is 5.97. The largest absolute Gasteiger partial charge is 0.305 e. The van der Waals surface area contributed by atoms with Crippen molar-refractivity contribution < 1.29 is 0 Å². The van der Waals surface area contributed by atoms with E-state index in [-0.39, 0.29) is 11.6 Å². The molecular formula is C19H15ClN4. The SMILES string of the molecule is N#C[C@@H]1C(=N)C(C#N)(C#N)[C@@H](c2ccc(Cl)cc2)[C@@H]2CCCC=C12. The van der Waals surface area contributed by atoms with Crippen LogP contribution in [0, 0.1) is 56.7 Å². The molecule has 3 rings (SSSR count). The second kappa shape index (κ2) is 6.12. The van der Waals surface area contributed by atoms with Gasteiger partial charge in [-0.2, -0.15) is 15.8 Å². The van der Waals surface area contributed by atoms with Gasteiger partial charge < -0.3 is 5.41 Å². The number of hydrogen-bond donors (Lipinski definition) is 1. The summed E-state index contributed by atoms with van der Waals surface area (Å²) in [4.78, 5) is 0. The molecule has 1 N–H and O–H groups in total. The highest BCUT2D eigenvalue weighted by atomic mass is 35.5. The summed E-state index contributed by atoms with van der Waals surface area (Å²) in [7, 11) is 0. The smallest absolute Gasteiger partial charge is 0.189 e. The first-order valence-corrected chi connectivity index (χ1v) is 8.23. The van der Waals surface area contributed by atoms with Crippen LogP contribution in [0.25, 0.3) is 0 Å². The molecule has 118 valence electrons. The summed E-state index contributed by atoms with van der Waals surface area (Å²) < 4.78 is 0. The lowest BCUT2D eigenvalue weighted by molar-refractivity contribution is 0.320. The van der Waals surface area contributed by atoms with E-state index in [4.69, 9.17) is 17.0 Å². The molecule has 5 heteroatoms. The van der Waals surface area contributed by atoms with Crippen LogP contribution in [0.15, 0.2) is 35.9 Å². The Bertz CT molecular complexity index is 818. The zero-order valence-corrected chi connectivity index (χ0v) is 13.7. The Hall–Kier alpha value is -2.61. The highest BCUT2D eigenvalue weighted by Gasteiger charge is 2.57. The van der Waals surface area contributed by atoms with Crippen LogP contribution in [0.2, 0.25) is 5.02 Å². The first kappa shape index (κ1) is 16.3. The molecule has 0 bridgehead atoms. The number of halogens is 1. The fraction of sp³-hybridized carbons (Fsp3) is 0.368. The van der Waals surface area contributed by atoms with Crippen LogP contribution in [-0.2, 0) is 0 Å². The van der Waals surface area contributed by atoms with Gasteiger partial charge >= 0.3 is 0 Å². The molecule has 1 aromatic carbocycles. The second-order valence-corrected chi connectivity index (χ2v) is 6.71. The number of benzene rings is 1. The topological polar surface area (TPSA) is 95.2 Å². The Morgan fingerprint density at radius 2 is 1.79 bits per heavy atom. The van der Waals surface area contributed by atoms with Gasteiger partial charge in [0.05, 0.1) is 23.9 Å². The van der Waals surface area contributed by atoms with E-state index in [1.165, 1.54) is 0 Å². The van der Waals surface area contributed by atoms with E-state index in [0.717, 1.165) is 30.4 Å². The summed E-state index contributed by atoms with van der Waals surface area (Å²) in [6, 6.07) is 13.4. The van der Waals surface area contributed by atoms with Crippen LogP contribution < -0.4 is 0 Å². The molecule has 0 aromatic heterocycles. The Morgan fingerprint density at radius 3 is 2.38 bits per heavy atom. The minimum Gasteiger partial charge on any atom is -0.305 e. The van der Waals surface area contributed by atoms with Gasteiger partial charge in [0.1, 0.15) is 5.92 Å². The monoisotopic (exact) mass is 334 g/mol. The zero-order chi connectivity index (χ0) is 17.3. The van der Waals surface area contributed by atoms with E-state index in [1.807, 2.05) is 18.2 Å². The predicted octanol–water partition coefficient (Wildman–Crippen LogP) is 4.36. The molecule has 3 atom stereocenters. The molecular weight excluding hydrogens is 320 g/mol. The molecule has 4 nitrogen and oxygen atoms in total. The molecule has 0 radical (unpaired) electrons. The van der Waals surface area contributed by atoms with Gasteiger partial charge in [0.15, 0.2) is 5.41 Å². The van der Waals surface area contributed by atoms with Crippen LogP contribution in [0.4, 0.5) is 0 Å². The molecule has 0 heterocycles. The van der Waals surface area contributed by atoms with Crippen molar-refractivity contribution >= 4 is 17.3 Å². The third-order valence-electron chi connectivity index (χ3n) is 5.15. The molecule has 0 amide bonds. The van der Waals surface area contributed by atoms with Gasteiger partial charge in [0, 0.05) is 10.9 Å². The fourth-order valence-corrected chi connectivity index (χ4v) is 4.18. The maximum Gasteiger partial charge on any atom is 0.189 e. The van der Waals surface area contributed by atoms with Crippen molar-refractivity contribution in [2.75, 3.05) is 0 Å². The average molecular weight is 335 g/mol. The second-order valence-electron chi connectivity index (χ2n) is 6.28. The number of fused-ring (bicyclic) bond motifs is 1. The fourth-order valence-electron chi connectivity index (χ4n) is 4.06. The van der Waals surface area contributed by atoms with E-state index >= 15 is 0 Å². The molecule has 0 saturated heterocycles. The minimum absolute atomic E-state index is 0.0713. The summed E-state index contributed by atoms with van der Waals surface area (Å²) in [6.07, 6.45) is 4.67. The lowest BCUT2D eigenvalue weighted by atomic mass is 9.53. The van der Waals surface area contributed by atoms with Crippen molar-refractivity contribution in [2.24, 2.45) is 17.3 Å². The minimum atomic E-state index is -1.62. The van der Waals surface area contributed by atoms with Crippen molar-refractivity contribution in [2.45, 2.75) is 25.2 Å². The Labute approximate surface area is 146 Å². The number of hydrogen-bond acceptors (Lipinski definition) is 4. The van der Waals surface area contributed by atoms with Gasteiger partial charge in [-0.3, -0.25) is 0 Å². The lowest BCUT2D eigenvalue weighted by Gasteiger charge is -2.45. The Morgan fingerprint density at radius 1 is 1.12 bits per heavy atom. The molecule has 0 unspecified atom stereocenters. The van der Waals surface area contributed by atoms with Gasteiger partial charge in [-0.1, -0.05) is 29.8 Å². The van der Waals surface area contributed by atoms with Crippen molar-refractivity contribution in [1.82, 2.24) is 0 Å². The molecule has 1 aromatic rings. The summed E-state index contributed by atoms with van der Waals surface area (Å²) in [5.74, 6) is -1.30. The third-order valence-corrected chi connectivity index (χ3v) is 5.41. The summed E-state index contributed by atoms with van der Waals surface area (Å²) in [6.45, 7) is 0.